The first-order valence-corrected chi connectivity index (χ1v) is 12.2. The van der Waals surface area contributed by atoms with Crippen LogP contribution in [0.1, 0.15) is 56.6 Å². The number of nitrogens with zero attached hydrogens (tertiary/aromatic N) is 2. The van der Waals surface area contributed by atoms with E-state index in [0.29, 0.717) is 26.3 Å². The van der Waals surface area contributed by atoms with Crippen LogP contribution in [0.15, 0.2) is 22.6 Å². The summed E-state index contributed by atoms with van der Waals surface area (Å²) in [5.41, 5.74) is 3.51. The van der Waals surface area contributed by atoms with Crippen molar-refractivity contribution in [3.05, 3.63) is 29.9 Å². The summed E-state index contributed by atoms with van der Waals surface area (Å²) in [6.45, 7) is 4.84. The predicted octanol–water partition coefficient (Wildman–Crippen LogP) is 3.70. The van der Waals surface area contributed by atoms with E-state index in [-0.39, 0.29) is 22.9 Å². The fourth-order valence-corrected chi connectivity index (χ4v) is 5.60. The summed E-state index contributed by atoms with van der Waals surface area (Å²) in [7, 11) is 0. The number of nitrogens with two attached hydrogens (primary N) is 1. The number of ketones is 1. The van der Waals surface area contributed by atoms with Crippen LogP contribution < -0.4 is 5.73 Å². The summed E-state index contributed by atoms with van der Waals surface area (Å²) < 4.78 is 30.9. The van der Waals surface area contributed by atoms with E-state index < -0.39 is 41.0 Å². The molecule has 1 aliphatic carbocycles. The Labute approximate surface area is 203 Å². The molecule has 3 atom stereocenters. The number of morpholine rings is 1. The normalized spacial score (nSPS) is 20.7. The molecule has 3 unspecified atom stereocenters. The van der Waals surface area contributed by atoms with E-state index >= 15 is 0 Å². The van der Waals surface area contributed by atoms with Crippen LogP contribution >= 0.6 is 0 Å². The highest BCUT2D eigenvalue weighted by molar-refractivity contribution is 6.05. The second-order valence-corrected chi connectivity index (χ2v) is 9.50. The number of hydrogen-bond acceptors (Lipinski definition) is 7. The Morgan fingerprint density at radius 2 is 1.86 bits per heavy atom. The molecule has 1 aromatic carbocycles. The van der Waals surface area contributed by atoms with Crippen LogP contribution in [-0.2, 0) is 14.3 Å². The van der Waals surface area contributed by atoms with Gasteiger partial charge in [0.1, 0.15) is 5.52 Å². The summed E-state index contributed by atoms with van der Waals surface area (Å²) in [5.74, 6) is -3.89. The lowest BCUT2D eigenvalue weighted by Crippen LogP contribution is -2.61. The van der Waals surface area contributed by atoms with Crippen molar-refractivity contribution < 1.29 is 32.7 Å². The molecule has 0 bridgehead atoms. The van der Waals surface area contributed by atoms with Gasteiger partial charge in [-0.15, -0.1) is 0 Å². The lowest BCUT2D eigenvalue weighted by molar-refractivity contribution is -0.150. The minimum absolute atomic E-state index is 0.00750. The number of rotatable bonds is 7. The number of oxazole rings is 1. The maximum Gasteiger partial charge on any atom is 0.405 e. The van der Waals surface area contributed by atoms with Gasteiger partial charge in [-0.05, 0) is 25.0 Å². The maximum absolute atomic E-state index is 14.3. The van der Waals surface area contributed by atoms with E-state index in [4.69, 9.17) is 19.6 Å². The Hall–Kier alpha value is -3.01. The number of carbonyl (C=O) groups excluding carboxylic acids is 3. The first-order chi connectivity index (χ1) is 16.8. The highest BCUT2D eigenvalue weighted by Crippen LogP contribution is 2.44. The topological polar surface area (TPSA) is 125 Å². The molecule has 0 spiro atoms. The number of ether oxygens (including phenoxy) is 2. The molecule has 2 heterocycles. The molecule has 4 rings (SSSR count). The molecule has 2 amide bonds. The van der Waals surface area contributed by atoms with Gasteiger partial charge >= 0.3 is 6.09 Å². The lowest BCUT2D eigenvalue weighted by atomic mass is 9.66. The van der Waals surface area contributed by atoms with E-state index in [9.17, 15) is 18.8 Å². The average molecular weight is 490 g/mol. The molecule has 2 aliphatic rings. The molecule has 1 aliphatic heterocycles. The van der Waals surface area contributed by atoms with Gasteiger partial charge in [0.2, 0.25) is 5.91 Å². The molecule has 2 N–H and O–H groups in total. The van der Waals surface area contributed by atoms with Gasteiger partial charge in [0.25, 0.3) is 11.7 Å². The monoisotopic (exact) mass is 489 g/mol. The summed E-state index contributed by atoms with van der Waals surface area (Å²) in [6, 6.07) is 4.17. The number of aromatic nitrogens is 1. The molecule has 190 valence electrons. The molecule has 1 saturated carbocycles. The second-order valence-electron chi connectivity index (χ2n) is 9.50. The van der Waals surface area contributed by atoms with Gasteiger partial charge in [0, 0.05) is 19.0 Å². The van der Waals surface area contributed by atoms with Crippen molar-refractivity contribution in [2.24, 2.45) is 23.5 Å². The zero-order chi connectivity index (χ0) is 25.2. The van der Waals surface area contributed by atoms with Crippen LogP contribution in [0.4, 0.5) is 9.18 Å². The van der Waals surface area contributed by atoms with Gasteiger partial charge in [0.15, 0.2) is 17.0 Å². The number of primary amides is 1. The summed E-state index contributed by atoms with van der Waals surface area (Å²) in [6.07, 6.45) is 3.47. The summed E-state index contributed by atoms with van der Waals surface area (Å²) in [4.78, 5) is 45.9. The molecule has 35 heavy (non-hydrogen) atoms. The minimum atomic E-state index is -1.97. The molecular weight excluding hydrogens is 457 g/mol. The first kappa shape index (κ1) is 25.1. The van der Waals surface area contributed by atoms with E-state index in [1.807, 2.05) is 6.92 Å². The Bertz CT molecular complexity index is 1090. The van der Waals surface area contributed by atoms with Gasteiger partial charge in [-0.1, -0.05) is 45.1 Å². The molecule has 9 nitrogen and oxygen atoms in total. The number of fused-ring (bicyclic) bond motifs is 1. The van der Waals surface area contributed by atoms with Crippen molar-refractivity contribution in [1.29, 1.82) is 0 Å². The minimum Gasteiger partial charge on any atom is -0.433 e. The van der Waals surface area contributed by atoms with Crippen LogP contribution in [0.25, 0.3) is 11.1 Å². The molecule has 2 aromatic rings. The van der Waals surface area contributed by atoms with E-state index in [1.54, 1.807) is 11.8 Å². The fourth-order valence-electron chi connectivity index (χ4n) is 5.60. The van der Waals surface area contributed by atoms with Crippen LogP contribution in [0.2, 0.25) is 0 Å². The molecule has 1 aromatic heterocycles. The molecule has 10 heteroatoms. The Morgan fingerprint density at radius 3 is 2.49 bits per heavy atom. The molecular formula is C25H32FN3O6. The van der Waals surface area contributed by atoms with Gasteiger partial charge in [0.05, 0.1) is 19.1 Å². The third-order valence-corrected chi connectivity index (χ3v) is 7.56. The van der Waals surface area contributed by atoms with Gasteiger partial charge in [-0.3, -0.25) is 9.59 Å². The quantitative estimate of drug-likeness (QED) is 0.588. The van der Waals surface area contributed by atoms with Crippen LogP contribution in [0.5, 0.6) is 0 Å². The van der Waals surface area contributed by atoms with E-state index in [0.717, 1.165) is 32.1 Å². The smallest absolute Gasteiger partial charge is 0.405 e. The lowest BCUT2D eigenvalue weighted by Gasteiger charge is -2.45. The van der Waals surface area contributed by atoms with Crippen molar-refractivity contribution in [1.82, 2.24) is 9.88 Å². The zero-order valence-electron chi connectivity index (χ0n) is 20.1. The Morgan fingerprint density at radius 1 is 1.17 bits per heavy atom. The highest BCUT2D eigenvalue weighted by atomic mass is 19.1. The average Bonchev–Trinajstić information content (AvgIpc) is 3.32. The van der Waals surface area contributed by atoms with Crippen LogP contribution in [0.3, 0.4) is 0 Å². The van der Waals surface area contributed by atoms with Gasteiger partial charge < -0.3 is 24.5 Å². The number of Topliss-reactive ketones (excluding diaryl/α,β-unsaturated/α-hetero) is 1. The number of carbonyl (C=O) groups is 3. The number of para-hydroxylation sites is 1. The van der Waals surface area contributed by atoms with Crippen molar-refractivity contribution in [3.8, 4) is 0 Å². The summed E-state index contributed by atoms with van der Waals surface area (Å²) in [5, 5.41) is 0. The Kier molecular flexibility index (Phi) is 7.39. The largest absolute Gasteiger partial charge is 0.433 e. The molecule has 1 saturated heterocycles. The Balaban J connectivity index is 1.82. The predicted molar refractivity (Wildman–Crippen MR) is 124 cm³/mol. The van der Waals surface area contributed by atoms with Crippen LogP contribution in [0, 0.1) is 23.6 Å². The van der Waals surface area contributed by atoms with Gasteiger partial charge in [-0.25, -0.2) is 14.2 Å². The second kappa shape index (κ2) is 10.3. The number of hydrogen-bond donors (Lipinski definition) is 1. The van der Waals surface area contributed by atoms with E-state index in [2.05, 4.69) is 4.98 Å². The summed E-state index contributed by atoms with van der Waals surface area (Å²) >= 11 is 0. The van der Waals surface area contributed by atoms with Crippen molar-refractivity contribution in [2.45, 2.75) is 51.6 Å². The van der Waals surface area contributed by atoms with E-state index in [1.165, 1.54) is 18.2 Å². The standard InChI is InChI=1S/C25H32FN3O6/c1-15(17-7-4-3-5-8-17)25(35-24(27)32,16(2)23(31)29-11-13-33-14-12-29)21(30)22-28-19-10-6-9-18(26)20(19)34-22/h6,9-10,15-17H,3-5,7-8,11-14H2,1-2H3,(H2,27,32). The number of halogens is 1. The number of amides is 2. The van der Waals surface area contributed by atoms with Crippen molar-refractivity contribution in [2.75, 3.05) is 26.3 Å². The third-order valence-electron chi connectivity index (χ3n) is 7.56. The molecule has 2 fully saturated rings. The van der Waals surface area contributed by atoms with Gasteiger partial charge in [-0.2, -0.15) is 0 Å². The fraction of sp³-hybridized carbons (Fsp3) is 0.600. The van der Waals surface area contributed by atoms with Crippen molar-refractivity contribution in [3.63, 3.8) is 0 Å². The zero-order valence-corrected chi connectivity index (χ0v) is 20.1. The highest BCUT2D eigenvalue weighted by Gasteiger charge is 2.58. The number of benzene rings is 1. The molecule has 0 radical (unpaired) electrons. The SMILES string of the molecule is CC(C(=O)N1CCOCC1)C(OC(N)=O)(C(=O)c1nc2cccc(F)c2o1)C(C)C1CCCCC1. The maximum atomic E-state index is 14.3. The first-order valence-electron chi connectivity index (χ1n) is 12.2. The van der Waals surface area contributed by atoms with Crippen LogP contribution in [-0.4, -0.2) is 59.6 Å². The van der Waals surface area contributed by atoms with Crippen molar-refractivity contribution >= 4 is 28.9 Å². The third kappa shape index (κ3) is 4.76.